The minimum absolute atomic E-state index is 0.0590. The van der Waals surface area contributed by atoms with Crippen LogP contribution in [0.3, 0.4) is 0 Å². The molecule has 0 aromatic heterocycles. The smallest absolute Gasteiger partial charge is 0.300 e. The molecule has 1 unspecified atom stereocenters. The van der Waals surface area contributed by atoms with Crippen LogP contribution in [0.15, 0.2) is 90.5 Å². The summed E-state index contributed by atoms with van der Waals surface area (Å²) in [5, 5.41) is 11.1. The number of hydrogen-bond acceptors (Lipinski definition) is 4. The van der Waals surface area contributed by atoms with Crippen LogP contribution in [0.5, 0.6) is 5.75 Å². The molecule has 1 heterocycles. The molecule has 5 heteroatoms. The first-order valence-electron chi connectivity index (χ1n) is 9.76. The van der Waals surface area contributed by atoms with Crippen LogP contribution < -0.4 is 9.64 Å². The highest BCUT2D eigenvalue weighted by atomic mass is 16.5. The zero-order chi connectivity index (χ0) is 21.1. The Kier molecular flexibility index (Phi) is 5.35. The van der Waals surface area contributed by atoms with Crippen molar-refractivity contribution in [2.45, 2.75) is 13.0 Å². The van der Waals surface area contributed by atoms with Crippen molar-refractivity contribution in [3.63, 3.8) is 0 Å². The Morgan fingerprint density at radius 3 is 2.27 bits per heavy atom. The number of benzene rings is 3. The molecular weight excluding hydrogens is 378 g/mol. The lowest BCUT2D eigenvalue weighted by atomic mass is 9.95. The maximum absolute atomic E-state index is 13.1. The predicted molar refractivity (Wildman–Crippen MR) is 115 cm³/mol. The second-order valence-electron chi connectivity index (χ2n) is 6.88. The molecule has 5 nitrogen and oxygen atoms in total. The van der Waals surface area contributed by atoms with Crippen molar-refractivity contribution in [2.75, 3.05) is 11.5 Å². The summed E-state index contributed by atoms with van der Waals surface area (Å²) >= 11 is 0. The van der Waals surface area contributed by atoms with Crippen molar-refractivity contribution >= 4 is 23.1 Å². The van der Waals surface area contributed by atoms with Crippen LogP contribution in [0, 0.1) is 0 Å². The summed E-state index contributed by atoms with van der Waals surface area (Å²) in [6.07, 6.45) is 0. The molecule has 3 aromatic rings. The van der Waals surface area contributed by atoms with E-state index in [-0.39, 0.29) is 11.3 Å². The van der Waals surface area contributed by atoms with E-state index in [1.54, 1.807) is 36.4 Å². The van der Waals surface area contributed by atoms with Crippen molar-refractivity contribution in [2.24, 2.45) is 0 Å². The number of aliphatic hydroxyl groups is 1. The maximum atomic E-state index is 13.1. The molecule has 4 rings (SSSR count). The van der Waals surface area contributed by atoms with E-state index in [0.717, 1.165) is 5.56 Å². The second-order valence-corrected chi connectivity index (χ2v) is 6.88. The van der Waals surface area contributed by atoms with Crippen molar-refractivity contribution in [1.82, 2.24) is 0 Å². The summed E-state index contributed by atoms with van der Waals surface area (Å²) in [7, 11) is 0. The number of para-hydroxylation sites is 1. The zero-order valence-corrected chi connectivity index (χ0v) is 16.5. The van der Waals surface area contributed by atoms with Crippen LogP contribution >= 0.6 is 0 Å². The van der Waals surface area contributed by atoms with Crippen molar-refractivity contribution in [3.8, 4) is 5.75 Å². The molecule has 1 saturated heterocycles. The Morgan fingerprint density at radius 2 is 1.60 bits per heavy atom. The number of ketones is 1. The van der Waals surface area contributed by atoms with E-state index in [1.807, 2.05) is 55.5 Å². The molecule has 0 spiro atoms. The van der Waals surface area contributed by atoms with Crippen LogP contribution in [0.1, 0.15) is 24.1 Å². The van der Waals surface area contributed by atoms with E-state index in [4.69, 9.17) is 4.74 Å². The van der Waals surface area contributed by atoms with Gasteiger partial charge in [0.15, 0.2) is 0 Å². The Hall–Kier alpha value is -3.86. The van der Waals surface area contributed by atoms with E-state index in [1.165, 1.54) is 4.90 Å². The van der Waals surface area contributed by atoms with Crippen LogP contribution in [0.4, 0.5) is 5.69 Å². The normalized spacial score (nSPS) is 17.9. The molecule has 1 N–H and O–H groups in total. The Morgan fingerprint density at radius 1 is 0.933 bits per heavy atom. The lowest BCUT2D eigenvalue weighted by Gasteiger charge is -2.25. The minimum Gasteiger partial charge on any atom is -0.507 e. The number of amides is 1. The first-order chi connectivity index (χ1) is 14.6. The van der Waals surface area contributed by atoms with Gasteiger partial charge in [-0.3, -0.25) is 14.5 Å². The number of carbonyl (C=O) groups excluding carboxylic acids is 2. The summed E-state index contributed by atoms with van der Waals surface area (Å²) < 4.78 is 5.51. The van der Waals surface area contributed by atoms with Gasteiger partial charge < -0.3 is 9.84 Å². The summed E-state index contributed by atoms with van der Waals surface area (Å²) in [6, 6.07) is 24.4. The number of carbonyl (C=O) groups is 2. The molecular formula is C25H21NO4. The van der Waals surface area contributed by atoms with Gasteiger partial charge in [-0.25, -0.2) is 0 Å². The molecule has 30 heavy (non-hydrogen) atoms. The fourth-order valence-corrected chi connectivity index (χ4v) is 3.69. The molecule has 3 aromatic carbocycles. The first kappa shape index (κ1) is 19.5. The number of Topliss-reactive ketones (excluding diaryl/α,β-unsaturated/α-hetero) is 1. The topological polar surface area (TPSA) is 66.8 Å². The van der Waals surface area contributed by atoms with Gasteiger partial charge in [0.05, 0.1) is 18.2 Å². The van der Waals surface area contributed by atoms with Gasteiger partial charge in [-0.15, -0.1) is 0 Å². The standard InChI is InChI=1S/C25H21NO4/c1-2-30-20-15-9-12-18(16-20)23(27)21-22(17-10-5-3-6-11-17)26(25(29)24(21)28)19-13-7-4-8-14-19/h3-16,22,27H,2H2,1H3/b23-21-. The van der Waals surface area contributed by atoms with Crippen LogP contribution in [-0.2, 0) is 9.59 Å². The average molecular weight is 399 g/mol. The van der Waals surface area contributed by atoms with E-state index < -0.39 is 17.7 Å². The molecule has 1 aliphatic heterocycles. The third-order valence-corrected chi connectivity index (χ3v) is 5.01. The molecule has 0 aliphatic carbocycles. The van der Waals surface area contributed by atoms with E-state index >= 15 is 0 Å². The lowest BCUT2D eigenvalue weighted by molar-refractivity contribution is -0.132. The highest BCUT2D eigenvalue weighted by molar-refractivity contribution is 6.51. The van der Waals surface area contributed by atoms with Crippen molar-refractivity contribution in [3.05, 3.63) is 102 Å². The Labute approximate surface area is 174 Å². The monoisotopic (exact) mass is 399 g/mol. The number of aliphatic hydroxyl groups excluding tert-OH is 1. The summed E-state index contributed by atoms with van der Waals surface area (Å²) in [5.74, 6) is -1.03. The van der Waals surface area contributed by atoms with Crippen molar-refractivity contribution in [1.29, 1.82) is 0 Å². The summed E-state index contributed by atoms with van der Waals surface area (Å²) in [6.45, 7) is 2.35. The molecule has 1 amide bonds. The quantitative estimate of drug-likeness (QED) is 0.383. The SMILES string of the molecule is CCOc1cccc(/C(O)=C2/C(=O)C(=O)N(c3ccccc3)C2c2ccccc2)c1. The van der Waals surface area contributed by atoms with Gasteiger partial charge in [-0.05, 0) is 36.8 Å². The fourth-order valence-electron chi connectivity index (χ4n) is 3.69. The van der Waals surface area contributed by atoms with Crippen LogP contribution in [-0.4, -0.2) is 23.4 Å². The van der Waals surface area contributed by atoms with E-state index in [0.29, 0.717) is 23.6 Å². The third-order valence-electron chi connectivity index (χ3n) is 5.01. The predicted octanol–water partition coefficient (Wildman–Crippen LogP) is 4.71. The van der Waals surface area contributed by atoms with Gasteiger partial charge >= 0.3 is 0 Å². The molecule has 1 aliphatic rings. The molecule has 1 atom stereocenters. The molecule has 0 radical (unpaired) electrons. The van der Waals surface area contributed by atoms with Gasteiger partial charge in [-0.2, -0.15) is 0 Å². The number of hydrogen-bond donors (Lipinski definition) is 1. The largest absolute Gasteiger partial charge is 0.507 e. The van der Waals surface area contributed by atoms with Crippen LogP contribution in [0.25, 0.3) is 5.76 Å². The third kappa shape index (κ3) is 3.46. The van der Waals surface area contributed by atoms with Gasteiger partial charge in [-0.1, -0.05) is 60.7 Å². The molecule has 0 saturated carbocycles. The number of rotatable bonds is 5. The average Bonchev–Trinajstić information content (AvgIpc) is 3.05. The highest BCUT2D eigenvalue weighted by Gasteiger charge is 2.46. The first-order valence-corrected chi connectivity index (χ1v) is 9.76. The summed E-state index contributed by atoms with van der Waals surface area (Å²) in [4.78, 5) is 27.5. The Balaban J connectivity index is 1.91. The minimum atomic E-state index is -0.732. The van der Waals surface area contributed by atoms with Crippen LogP contribution in [0.2, 0.25) is 0 Å². The second kappa shape index (κ2) is 8.25. The fraction of sp³-hybridized carbons (Fsp3) is 0.120. The summed E-state index contributed by atoms with van der Waals surface area (Å²) in [5.41, 5.74) is 1.82. The van der Waals surface area contributed by atoms with Gasteiger partial charge in [0.25, 0.3) is 11.7 Å². The maximum Gasteiger partial charge on any atom is 0.300 e. The van der Waals surface area contributed by atoms with E-state index in [9.17, 15) is 14.7 Å². The number of anilines is 1. The Bertz CT molecular complexity index is 1110. The van der Waals surface area contributed by atoms with Gasteiger partial charge in [0.1, 0.15) is 11.5 Å². The van der Waals surface area contributed by atoms with Gasteiger partial charge in [0, 0.05) is 11.3 Å². The molecule has 0 bridgehead atoms. The highest BCUT2D eigenvalue weighted by Crippen LogP contribution is 2.42. The molecule has 150 valence electrons. The zero-order valence-electron chi connectivity index (χ0n) is 16.5. The van der Waals surface area contributed by atoms with Gasteiger partial charge in [0.2, 0.25) is 0 Å². The molecule has 1 fully saturated rings. The number of ether oxygens (including phenoxy) is 1. The van der Waals surface area contributed by atoms with Crippen molar-refractivity contribution < 1.29 is 19.4 Å². The number of nitrogens with zero attached hydrogens (tertiary/aromatic N) is 1. The lowest BCUT2D eigenvalue weighted by Crippen LogP contribution is -2.29. The van der Waals surface area contributed by atoms with E-state index in [2.05, 4.69) is 0 Å².